The summed E-state index contributed by atoms with van der Waals surface area (Å²) in [5.41, 5.74) is 9.20. The van der Waals surface area contributed by atoms with E-state index in [1.165, 1.54) is 11.3 Å². The van der Waals surface area contributed by atoms with Gasteiger partial charge in [-0.2, -0.15) is 4.98 Å². The van der Waals surface area contributed by atoms with Crippen molar-refractivity contribution >= 4 is 11.3 Å². The molecule has 7 heteroatoms. The van der Waals surface area contributed by atoms with Crippen molar-refractivity contribution < 1.29 is 4.52 Å². The maximum atomic E-state index is 5.81. The van der Waals surface area contributed by atoms with E-state index in [9.17, 15) is 0 Å². The summed E-state index contributed by atoms with van der Waals surface area (Å²) in [7, 11) is 0. The number of nitrogens with two attached hydrogens (primary N) is 1. The van der Waals surface area contributed by atoms with Crippen LogP contribution in [0.25, 0.3) is 23.0 Å². The van der Waals surface area contributed by atoms with Crippen molar-refractivity contribution in [2.75, 3.05) is 0 Å². The number of rotatable bonds is 3. The maximum absolute atomic E-state index is 5.81. The molecule has 0 aliphatic rings. The highest BCUT2D eigenvalue weighted by Gasteiger charge is 2.15. The van der Waals surface area contributed by atoms with Crippen molar-refractivity contribution in [3.63, 3.8) is 0 Å². The molecule has 108 valence electrons. The third-order valence-corrected chi connectivity index (χ3v) is 3.94. The van der Waals surface area contributed by atoms with Gasteiger partial charge in [-0.15, -0.1) is 11.3 Å². The lowest BCUT2D eigenvalue weighted by Crippen LogP contribution is -2.03. The molecular weight excluding hydrogens is 286 g/mol. The van der Waals surface area contributed by atoms with E-state index >= 15 is 0 Å². The molecule has 1 atom stereocenters. The van der Waals surface area contributed by atoms with Gasteiger partial charge in [0.05, 0.1) is 6.04 Å². The third kappa shape index (κ3) is 2.84. The first kappa shape index (κ1) is 13.8. The first-order chi connectivity index (χ1) is 10.0. The van der Waals surface area contributed by atoms with Crippen LogP contribution in [0.15, 0.2) is 22.0 Å². The van der Waals surface area contributed by atoms with Gasteiger partial charge in [0.1, 0.15) is 10.7 Å². The second-order valence-electron chi connectivity index (χ2n) is 4.92. The van der Waals surface area contributed by atoms with Gasteiger partial charge in [-0.1, -0.05) is 5.16 Å². The van der Waals surface area contributed by atoms with Crippen LogP contribution in [0.5, 0.6) is 0 Å². The fourth-order valence-electron chi connectivity index (χ4n) is 2.00. The SMILES string of the molecule is Cc1cc(-c2noc(-c3csc(C(C)N)n3)n2)cc(C)n1. The lowest BCUT2D eigenvalue weighted by Gasteiger charge is -1.98. The number of aryl methyl sites for hydroxylation is 2. The number of hydrogen-bond donors (Lipinski definition) is 1. The predicted molar refractivity (Wildman–Crippen MR) is 80.7 cm³/mol. The summed E-state index contributed by atoms with van der Waals surface area (Å²) < 4.78 is 5.30. The third-order valence-electron chi connectivity index (χ3n) is 2.90. The minimum absolute atomic E-state index is 0.100. The average Bonchev–Trinajstić information content (AvgIpc) is 3.07. The van der Waals surface area contributed by atoms with Gasteiger partial charge in [0.25, 0.3) is 5.89 Å². The van der Waals surface area contributed by atoms with Crippen molar-refractivity contribution in [3.05, 3.63) is 33.9 Å². The molecule has 0 spiro atoms. The highest BCUT2D eigenvalue weighted by molar-refractivity contribution is 7.10. The Bertz CT molecular complexity index is 757. The van der Waals surface area contributed by atoms with E-state index in [1.54, 1.807) is 0 Å². The molecule has 0 saturated heterocycles. The van der Waals surface area contributed by atoms with Crippen LogP contribution < -0.4 is 5.73 Å². The van der Waals surface area contributed by atoms with Crippen molar-refractivity contribution in [2.45, 2.75) is 26.8 Å². The second kappa shape index (κ2) is 5.34. The van der Waals surface area contributed by atoms with Gasteiger partial charge in [0.15, 0.2) is 0 Å². The van der Waals surface area contributed by atoms with Crippen LogP contribution >= 0.6 is 11.3 Å². The highest BCUT2D eigenvalue weighted by Crippen LogP contribution is 2.26. The molecule has 0 bridgehead atoms. The van der Waals surface area contributed by atoms with E-state index < -0.39 is 0 Å². The molecule has 0 aliphatic heterocycles. The number of hydrogen-bond acceptors (Lipinski definition) is 7. The molecule has 3 aromatic heterocycles. The van der Waals surface area contributed by atoms with Crippen LogP contribution in [0.4, 0.5) is 0 Å². The second-order valence-corrected chi connectivity index (χ2v) is 5.81. The van der Waals surface area contributed by atoms with Crippen LogP contribution in [-0.2, 0) is 0 Å². The summed E-state index contributed by atoms with van der Waals surface area (Å²) in [5, 5.41) is 6.74. The van der Waals surface area contributed by atoms with Gasteiger partial charge >= 0.3 is 0 Å². The molecule has 3 heterocycles. The molecule has 3 aromatic rings. The lowest BCUT2D eigenvalue weighted by molar-refractivity contribution is 0.431. The summed E-state index contributed by atoms with van der Waals surface area (Å²) in [5.74, 6) is 0.939. The number of thiazole rings is 1. The first-order valence-electron chi connectivity index (χ1n) is 6.53. The number of aromatic nitrogens is 4. The van der Waals surface area contributed by atoms with E-state index in [1.807, 2.05) is 38.3 Å². The Hall–Kier alpha value is -2.12. The summed E-state index contributed by atoms with van der Waals surface area (Å²) in [6.07, 6.45) is 0. The summed E-state index contributed by atoms with van der Waals surface area (Å²) >= 11 is 1.49. The van der Waals surface area contributed by atoms with Gasteiger partial charge in [-0.05, 0) is 32.9 Å². The average molecular weight is 301 g/mol. The maximum Gasteiger partial charge on any atom is 0.277 e. The molecule has 3 rings (SSSR count). The monoisotopic (exact) mass is 301 g/mol. The minimum atomic E-state index is -0.100. The zero-order valence-corrected chi connectivity index (χ0v) is 12.8. The van der Waals surface area contributed by atoms with Crippen molar-refractivity contribution in [1.82, 2.24) is 20.1 Å². The van der Waals surface area contributed by atoms with Crippen LogP contribution in [0.3, 0.4) is 0 Å². The molecule has 0 fully saturated rings. The molecule has 1 unspecified atom stereocenters. The fraction of sp³-hybridized carbons (Fsp3) is 0.286. The lowest BCUT2D eigenvalue weighted by atomic mass is 10.2. The van der Waals surface area contributed by atoms with E-state index in [0.29, 0.717) is 17.4 Å². The van der Waals surface area contributed by atoms with E-state index in [4.69, 9.17) is 10.3 Å². The van der Waals surface area contributed by atoms with Gasteiger partial charge in [0.2, 0.25) is 5.82 Å². The van der Waals surface area contributed by atoms with E-state index in [2.05, 4.69) is 20.1 Å². The Morgan fingerprint density at radius 3 is 2.48 bits per heavy atom. The van der Waals surface area contributed by atoms with E-state index in [-0.39, 0.29) is 6.04 Å². The standard InChI is InChI=1S/C14H15N5OS/c1-7-4-10(5-8(2)16-7)12-18-13(20-19-12)11-6-21-14(17-11)9(3)15/h4-6,9H,15H2,1-3H3. The summed E-state index contributed by atoms with van der Waals surface area (Å²) in [6, 6.07) is 3.75. The molecule has 0 radical (unpaired) electrons. The Morgan fingerprint density at radius 2 is 1.86 bits per heavy atom. The van der Waals surface area contributed by atoms with Gasteiger partial charge < -0.3 is 10.3 Å². The minimum Gasteiger partial charge on any atom is -0.332 e. The molecule has 21 heavy (non-hydrogen) atoms. The van der Waals surface area contributed by atoms with Crippen molar-refractivity contribution in [3.8, 4) is 23.0 Å². The molecular formula is C14H15N5OS. The smallest absolute Gasteiger partial charge is 0.277 e. The zero-order chi connectivity index (χ0) is 15.0. The highest BCUT2D eigenvalue weighted by atomic mass is 32.1. The van der Waals surface area contributed by atoms with Crippen LogP contribution in [0.1, 0.15) is 29.4 Å². The first-order valence-corrected chi connectivity index (χ1v) is 7.41. The van der Waals surface area contributed by atoms with Crippen molar-refractivity contribution in [2.24, 2.45) is 5.73 Å². The topological polar surface area (TPSA) is 90.7 Å². The Labute approximate surface area is 126 Å². The Balaban J connectivity index is 1.95. The largest absolute Gasteiger partial charge is 0.332 e. The molecule has 0 saturated carbocycles. The van der Waals surface area contributed by atoms with Gasteiger partial charge in [-0.25, -0.2) is 4.98 Å². The quantitative estimate of drug-likeness (QED) is 0.800. The van der Waals surface area contributed by atoms with Crippen LogP contribution in [-0.4, -0.2) is 20.1 Å². The Kier molecular flexibility index (Phi) is 3.52. The van der Waals surface area contributed by atoms with Crippen molar-refractivity contribution in [1.29, 1.82) is 0 Å². The molecule has 6 nitrogen and oxygen atoms in total. The molecule has 0 aliphatic carbocycles. The van der Waals surface area contributed by atoms with Crippen LogP contribution in [0, 0.1) is 13.8 Å². The molecule has 0 amide bonds. The van der Waals surface area contributed by atoms with Gasteiger partial charge in [-0.3, -0.25) is 4.98 Å². The summed E-state index contributed by atoms with van der Waals surface area (Å²) in [6.45, 7) is 5.77. The number of nitrogens with zero attached hydrogens (tertiary/aromatic N) is 4. The van der Waals surface area contributed by atoms with Crippen LogP contribution in [0.2, 0.25) is 0 Å². The fourth-order valence-corrected chi connectivity index (χ4v) is 2.75. The normalized spacial score (nSPS) is 12.6. The zero-order valence-electron chi connectivity index (χ0n) is 12.0. The van der Waals surface area contributed by atoms with E-state index in [0.717, 1.165) is 22.0 Å². The number of pyridine rings is 1. The molecule has 2 N–H and O–H groups in total. The Morgan fingerprint density at radius 1 is 1.14 bits per heavy atom. The van der Waals surface area contributed by atoms with Gasteiger partial charge in [0, 0.05) is 22.3 Å². The summed E-state index contributed by atoms with van der Waals surface area (Å²) in [4.78, 5) is 13.1. The predicted octanol–water partition coefficient (Wildman–Crippen LogP) is 2.89. The molecule has 0 aromatic carbocycles.